The Hall–Kier alpha value is -0.130. The maximum absolute atomic E-state index is 11.0. The summed E-state index contributed by atoms with van der Waals surface area (Å²) in [4.78, 5) is 0. The molecule has 19 heavy (non-hydrogen) atoms. The highest BCUT2D eigenvalue weighted by molar-refractivity contribution is 7.89. The van der Waals surface area contributed by atoms with Crippen LogP contribution in [0.4, 0.5) is 0 Å². The lowest BCUT2D eigenvalue weighted by Gasteiger charge is -2.37. The van der Waals surface area contributed by atoms with Crippen molar-refractivity contribution in [1.29, 1.82) is 0 Å². The van der Waals surface area contributed by atoms with Crippen molar-refractivity contribution in [2.45, 2.75) is 53.1 Å². The summed E-state index contributed by atoms with van der Waals surface area (Å²) in [6.45, 7) is 9.11. The number of hydrogen-bond acceptors (Lipinski definition) is 3. The Bertz CT molecular complexity index is 367. The van der Waals surface area contributed by atoms with Crippen LogP contribution in [0.5, 0.6) is 0 Å². The number of ether oxygens (including phenoxy) is 1. The molecule has 4 unspecified atom stereocenters. The lowest BCUT2D eigenvalue weighted by Crippen LogP contribution is -2.36. The molecule has 0 spiro atoms. The minimum absolute atomic E-state index is 0.00161. The smallest absolute Gasteiger partial charge is 0.209 e. The summed E-state index contributed by atoms with van der Waals surface area (Å²) in [5.74, 6) is 1.87. The van der Waals surface area contributed by atoms with Gasteiger partial charge < -0.3 is 4.74 Å². The molecule has 0 heterocycles. The van der Waals surface area contributed by atoms with Gasteiger partial charge in [-0.1, -0.05) is 34.1 Å². The van der Waals surface area contributed by atoms with Gasteiger partial charge in [0, 0.05) is 0 Å². The third-order valence-corrected chi connectivity index (χ3v) is 5.11. The molecule has 0 radical (unpaired) electrons. The molecule has 1 aliphatic carbocycles. The quantitative estimate of drug-likeness (QED) is 0.817. The van der Waals surface area contributed by atoms with E-state index < -0.39 is 10.0 Å². The van der Waals surface area contributed by atoms with Crippen molar-refractivity contribution < 1.29 is 13.2 Å². The predicted octanol–water partition coefficient (Wildman–Crippen LogP) is 2.39. The average molecular weight is 291 g/mol. The Kier molecular flexibility index (Phi) is 6.27. The normalized spacial score (nSPS) is 30.5. The summed E-state index contributed by atoms with van der Waals surface area (Å²) in [6, 6.07) is 0. The van der Waals surface area contributed by atoms with E-state index in [4.69, 9.17) is 9.88 Å². The minimum atomic E-state index is -3.40. The molecule has 0 aliphatic heterocycles. The van der Waals surface area contributed by atoms with E-state index in [0.717, 1.165) is 6.42 Å². The molecule has 114 valence electrons. The number of rotatable bonds is 6. The summed E-state index contributed by atoms with van der Waals surface area (Å²) in [7, 11) is -3.40. The van der Waals surface area contributed by atoms with Gasteiger partial charge in [0.15, 0.2) is 0 Å². The molecule has 0 bridgehead atoms. The Balaban J connectivity index is 2.48. The third-order valence-electron chi connectivity index (χ3n) is 4.07. The van der Waals surface area contributed by atoms with Crippen molar-refractivity contribution in [1.82, 2.24) is 0 Å². The molecular weight excluding hydrogens is 262 g/mol. The zero-order valence-electron chi connectivity index (χ0n) is 12.6. The van der Waals surface area contributed by atoms with Gasteiger partial charge in [-0.3, -0.25) is 0 Å². The summed E-state index contributed by atoms with van der Waals surface area (Å²) in [5, 5.41) is 5.06. The van der Waals surface area contributed by atoms with E-state index in [0.29, 0.717) is 24.4 Å². The first kappa shape index (κ1) is 16.9. The zero-order valence-corrected chi connectivity index (χ0v) is 13.4. The van der Waals surface area contributed by atoms with E-state index in [1.54, 1.807) is 0 Å². The van der Waals surface area contributed by atoms with E-state index in [-0.39, 0.29) is 17.8 Å². The van der Waals surface area contributed by atoms with E-state index in [9.17, 15) is 8.42 Å². The van der Waals surface area contributed by atoms with Crippen LogP contribution in [-0.2, 0) is 14.8 Å². The number of primary sulfonamides is 1. The topological polar surface area (TPSA) is 69.4 Å². The van der Waals surface area contributed by atoms with E-state index in [1.165, 1.54) is 12.8 Å². The highest BCUT2D eigenvalue weighted by Crippen LogP contribution is 2.35. The lowest BCUT2D eigenvalue weighted by molar-refractivity contribution is -0.0473. The van der Waals surface area contributed by atoms with Crippen LogP contribution in [-0.4, -0.2) is 26.9 Å². The molecule has 0 saturated heterocycles. The number of sulfonamides is 1. The van der Waals surface area contributed by atoms with Gasteiger partial charge in [0.05, 0.1) is 18.5 Å². The standard InChI is InChI=1S/C14H29NO3S/c1-10(2)13-6-5-11(3)7-14(13)18-8-12(4)9-19(15,16)17/h10-14H,5-9H2,1-4H3,(H2,15,16,17). The lowest BCUT2D eigenvalue weighted by atomic mass is 9.75. The maximum atomic E-state index is 11.0. The fourth-order valence-electron chi connectivity index (χ4n) is 3.04. The molecule has 2 N–H and O–H groups in total. The summed E-state index contributed by atoms with van der Waals surface area (Å²) < 4.78 is 28.1. The van der Waals surface area contributed by atoms with Gasteiger partial charge in [-0.05, 0) is 36.5 Å². The minimum Gasteiger partial charge on any atom is -0.378 e. The van der Waals surface area contributed by atoms with Crippen LogP contribution >= 0.6 is 0 Å². The summed E-state index contributed by atoms with van der Waals surface area (Å²) >= 11 is 0. The zero-order chi connectivity index (χ0) is 14.6. The van der Waals surface area contributed by atoms with Gasteiger partial charge in [-0.25, -0.2) is 13.6 Å². The van der Waals surface area contributed by atoms with E-state index in [2.05, 4.69) is 20.8 Å². The molecule has 1 aliphatic rings. The van der Waals surface area contributed by atoms with Crippen LogP contribution in [0.1, 0.15) is 47.0 Å². The molecule has 0 amide bonds. The Morgan fingerprint density at radius 2 is 1.89 bits per heavy atom. The first-order chi connectivity index (χ1) is 8.69. The molecule has 1 saturated carbocycles. The Morgan fingerprint density at radius 1 is 1.26 bits per heavy atom. The average Bonchev–Trinajstić information content (AvgIpc) is 2.23. The van der Waals surface area contributed by atoms with Gasteiger partial charge >= 0.3 is 0 Å². The van der Waals surface area contributed by atoms with E-state index in [1.807, 2.05) is 6.92 Å². The molecule has 1 rings (SSSR count). The summed E-state index contributed by atoms with van der Waals surface area (Å²) in [5.41, 5.74) is 0. The first-order valence-electron chi connectivity index (χ1n) is 7.31. The van der Waals surface area contributed by atoms with Gasteiger partial charge in [-0.2, -0.15) is 0 Å². The van der Waals surface area contributed by atoms with Crippen LogP contribution in [0.15, 0.2) is 0 Å². The van der Waals surface area contributed by atoms with Gasteiger partial charge in [0.25, 0.3) is 0 Å². The van der Waals surface area contributed by atoms with Crippen LogP contribution in [0.25, 0.3) is 0 Å². The predicted molar refractivity (Wildman–Crippen MR) is 78.2 cm³/mol. The molecule has 4 nitrogen and oxygen atoms in total. The fourth-order valence-corrected chi connectivity index (χ4v) is 3.93. The summed E-state index contributed by atoms with van der Waals surface area (Å²) in [6.07, 6.45) is 3.85. The van der Waals surface area contributed by atoms with Crippen molar-refractivity contribution in [3.8, 4) is 0 Å². The monoisotopic (exact) mass is 291 g/mol. The second-order valence-electron chi connectivity index (χ2n) is 6.63. The molecular formula is C14H29NO3S. The first-order valence-corrected chi connectivity index (χ1v) is 9.02. The van der Waals surface area contributed by atoms with Crippen LogP contribution in [0, 0.1) is 23.7 Å². The second-order valence-corrected chi connectivity index (χ2v) is 8.29. The van der Waals surface area contributed by atoms with E-state index >= 15 is 0 Å². The van der Waals surface area contributed by atoms with Crippen LogP contribution in [0.2, 0.25) is 0 Å². The van der Waals surface area contributed by atoms with Crippen LogP contribution < -0.4 is 5.14 Å². The van der Waals surface area contributed by atoms with Crippen molar-refractivity contribution in [3.63, 3.8) is 0 Å². The number of nitrogens with two attached hydrogens (primary N) is 1. The third kappa shape index (κ3) is 6.23. The fraction of sp³-hybridized carbons (Fsp3) is 1.00. The van der Waals surface area contributed by atoms with Crippen molar-refractivity contribution in [2.24, 2.45) is 28.8 Å². The molecule has 0 aromatic carbocycles. The van der Waals surface area contributed by atoms with Crippen LogP contribution in [0.3, 0.4) is 0 Å². The molecule has 5 heteroatoms. The molecule has 0 aromatic heterocycles. The second kappa shape index (κ2) is 7.04. The van der Waals surface area contributed by atoms with Crippen molar-refractivity contribution >= 4 is 10.0 Å². The molecule has 1 fully saturated rings. The highest BCUT2D eigenvalue weighted by Gasteiger charge is 2.31. The Morgan fingerprint density at radius 3 is 2.42 bits per heavy atom. The Labute approximate surface area is 118 Å². The molecule has 0 aromatic rings. The van der Waals surface area contributed by atoms with Gasteiger partial charge in [0.2, 0.25) is 10.0 Å². The number of hydrogen-bond donors (Lipinski definition) is 1. The van der Waals surface area contributed by atoms with Crippen molar-refractivity contribution in [2.75, 3.05) is 12.4 Å². The maximum Gasteiger partial charge on any atom is 0.209 e. The molecule has 4 atom stereocenters. The highest BCUT2D eigenvalue weighted by atomic mass is 32.2. The SMILES string of the molecule is CC1CCC(C(C)C)C(OCC(C)CS(N)(=O)=O)C1. The van der Waals surface area contributed by atoms with Crippen molar-refractivity contribution in [3.05, 3.63) is 0 Å². The van der Waals surface area contributed by atoms with Gasteiger partial charge in [-0.15, -0.1) is 0 Å². The van der Waals surface area contributed by atoms with Gasteiger partial charge in [0.1, 0.15) is 0 Å². The largest absolute Gasteiger partial charge is 0.378 e.